The fourth-order valence-electron chi connectivity index (χ4n) is 3.28. The van der Waals surface area contributed by atoms with Gasteiger partial charge in [0.15, 0.2) is 0 Å². The van der Waals surface area contributed by atoms with Crippen molar-refractivity contribution in [2.24, 2.45) is 0 Å². The number of aromatic nitrogens is 1. The van der Waals surface area contributed by atoms with E-state index in [4.69, 9.17) is 11.6 Å². The van der Waals surface area contributed by atoms with Crippen molar-refractivity contribution in [2.75, 3.05) is 10.0 Å². The SMILES string of the molecule is O=C(Cn1ccc2cc([N+](=O)[O-])ccc21)Nc1cccc(S(=O)(=O)Nc2ccccc2Cl)c1. The normalized spacial score (nSPS) is 11.3. The molecular formula is C22H17ClN4O5S. The molecule has 0 aliphatic rings. The van der Waals surface area contributed by atoms with E-state index in [9.17, 15) is 23.3 Å². The lowest BCUT2D eigenvalue weighted by atomic mass is 10.2. The summed E-state index contributed by atoms with van der Waals surface area (Å²) in [6.45, 7) is -0.0594. The van der Waals surface area contributed by atoms with Crippen LogP contribution in [-0.4, -0.2) is 23.8 Å². The third-order valence-electron chi connectivity index (χ3n) is 4.83. The van der Waals surface area contributed by atoms with E-state index in [1.54, 1.807) is 53.2 Å². The van der Waals surface area contributed by atoms with Crippen LogP contribution in [0.3, 0.4) is 0 Å². The first-order chi connectivity index (χ1) is 15.7. The number of amides is 1. The summed E-state index contributed by atoms with van der Waals surface area (Å²) in [7, 11) is -3.93. The molecule has 0 atom stereocenters. The number of sulfonamides is 1. The summed E-state index contributed by atoms with van der Waals surface area (Å²) in [6, 6.07) is 18.4. The van der Waals surface area contributed by atoms with Crippen LogP contribution >= 0.6 is 11.6 Å². The number of hydrogen-bond acceptors (Lipinski definition) is 5. The molecule has 0 radical (unpaired) electrons. The molecular weight excluding hydrogens is 468 g/mol. The summed E-state index contributed by atoms with van der Waals surface area (Å²) in [5, 5.41) is 14.5. The molecule has 168 valence electrons. The fraction of sp³-hybridized carbons (Fsp3) is 0.0455. The van der Waals surface area contributed by atoms with Crippen LogP contribution in [0, 0.1) is 10.1 Å². The lowest BCUT2D eigenvalue weighted by Gasteiger charge is -2.11. The van der Waals surface area contributed by atoms with Gasteiger partial charge in [0, 0.05) is 34.9 Å². The van der Waals surface area contributed by atoms with Crippen molar-refractivity contribution < 1.29 is 18.1 Å². The minimum absolute atomic E-state index is 0.0341. The predicted octanol–water partition coefficient (Wildman–Crippen LogP) is 4.64. The number of anilines is 2. The molecule has 2 N–H and O–H groups in total. The third kappa shape index (κ3) is 4.97. The molecule has 4 rings (SSSR count). The van der Waals surface area contributed by atoms with Crippen LogP contribution in [0.25, 0.3) is 10.9 Å². The quantitative estimate of drug-likeness (QED) is 0.292. The van der Waals surface area contributed by atoms with Crippen molar-refractivity contribution in [3.63, 3.8) is 0 Å². The number of para-hydroxylation sites is 1. The molecule has 0 fully saturated rings. The molecule has 0 aliphatic carbocycles. The van der Waals surface area contributed by atoms with E-state index in [0.717, 1.165) is 0 Å². The molecule has 0 spiro atoms. The zero-order valence-electron chi connectivity index (χ0n) is 16.9. The highest BCUT2D eigenvalue weighted by molar-refractivity contribution is 7.92. The summed E-state index contributed by atoms with van der Waals surface area (Å²) >= 11 is 6.03. The Kier molecular flexibility index (Phi) is 6.03. The van der Waals surface area contributed by atoms with E-state index in [1.165, 1.54) is 30.3 Å². The highest BCUT2D eigenvalue weighted by Crippen LogP contribution is 2.25. The Balaban J connectivity index is 1.49. The molecule has 0 bridgehead atoms. The number of carbonyl (C=O) groups excluding carboxylic acids is 1. The molecule has 0 unspecified atom stereocenters. The van der Waals surface area contributed by atoms with Crippen LogP contribution in [0.15, 0.2) is 83.9 Å². The topological polar surface area (TPSA) is 123 Å². The molecule has 3 aromatic carbocycles. The Labute approximate surface area is 193 Å². The lowest BCUT2D eigenvalue weighted by Crippen LogP contribution is -2.19. The van der Waals surface area contributed by atoms with Gasteiger partial charge >= 0.3 is 0 Å². The number of nitrogens with one attached hydrogen (secondary N) is 2. The van der Waals surface area contributed by atoms with Crippen LogP contribution in [0.2, 0.25) is 5.02 Å². The average Bonchev–Trinajstić information content (AvgIpc) is 3.17. The Morgan fingerprint density at radius 1 is 1.03 bits per heavy atom. The predicted molar refractivity (Wildman–Crippen MR) is 126 cm³/mol. The van der Waals surface area contributed by atoms with Crippen molar-refractivity contribution in [3.8, 4) is 0 Å². The molecule has 1 aromatic heterocycles. The van der Waals surface area contributed by atoms with E-state index in [2.05, 4.69) is 10.0 Å². The Morgan fingerprint density at radius 3 is 2.58 bits per heavy atom. The largest absolute Gasteiger partial charge is 0.338 e. The molecule has 11 heteroatoms. The van der Waals surface area contributed by atoms with Gasteiger partial charge in [-0.25, -0.2) is 8.42 Å². The van der Waals surface area contributed by atoms with Crippen LogP contribution in [0.5, 0.6) is 0 Å². The van der Waals surface area contributed by atoms with E-state index < -0.39 is 14.9 Å². The molecule has 0 aliphatic heterocycles. The second kappa shape index (κ2) is 8.93. The Hall–Kier alpha value is -3.89. The first-order valence-corrected chi connectivity index (χ1v) is 11.5. The number of non-ortho nitro benzene ring substituents is 1. The van der Waals surface area contributed by atoms with Crippen molar-refractivity contribution in [1.29, 1.82) is 0 Å². The van der Waals surface area contributed by atoms with Crippen LogP contribution in [0.4, 0.5) is 17.1 Å². The summed E-state index contributed by atoms with van der Waals surface area (Å²) in [5.41, 5.74) is 1.17. The highest BCUT2D eigenvalue weighted by Gasteiger charge is 2.17. The van der Waals surface area contributed by atoms with Gasteiger partial charge in [-0.15, -0.1) is 0 Å². The van der Waals surface area contributed by atoms with Gasteiger partial charge in [-0.05, 0) is 42.5 Å². The molecule has 9 nitrogen and oxygen atoms in total. The van der Waals surface area contributed by atoms with Crippen LogP contribution < -0.4 is 10.0 Å². The van der Waals surface area contributed by atoms with Gasteiger partial charge in [-0.1, -0.05) is 29.8 Å². The van der Waals surface area contributed by atoms with Crippen LogP contribution in [-0.2, 0) is 21.4 Å². The van der Waals surface area contributed by atoms with Gasteiger partial charge in [-0.3, -0.25) is 19.6 Å². The summed E-state index contributed by atoms with van der Waals surface area (Å²) in [4.78, 5) is 23.0. The van der Waals surface area contributed by atoms with Gasteiger partial charge < -0.3 is 9.88 Å². The molecule has 1 heterocycles. The number of nitro benzene ring substituents is 1. The summed E-state index contributed by atoms with van der Waals surface area (Å²) < 4.78 is 29.5. The van der Waals surface area contributed by atoms with E-state index in [-0.39, 0.29) is 33.7 Å². The van der Waals surface area contributed by atoms with Gasteiger partial charge in [0.25, 0.3) is 15.7 Å². The highest BCUT2D eigenvalue weighted by atomic mass is 35.5. The van der Waals surface area contributed by atoms with Gasteiger partial charge in [-0.2, -0.15) is 0 Å². The molecule has 0 saturated carbocycles. The smallest absolute Gasteiger partial charge is 0.270 e. The lowest BCUT2D eigenvalue weighted by molar-refractivity contribution is -0.384. The maximum Gasteiger partial charge on any atom is 0.270 e. The third-order valence-corrected chi connectivity index (χ3v) is 6.52. The van der Waals surface area contributed by atoms with E-state index in [1.807, 2.05) is 0 Å². The second-order valence-electron chi connectivity index (χ2n) is 7.11. The van der Waals surface area contributed by atoms with E-state index >= 15 is 0 Å². The number of carbonyl (C=O) groups is 1. The van der Waals surface area contributed by atoms with Crippen molar-refractivity contribution >= 4 is 55.5 Å². The van der Waals surface area contributed by atoms with Gasteiger partial charge in [0.1, 0.15) is 6.54 Å². The monoisotopic (exact) mass is 484 g/mol. The summed E-state index contributed by atoms with van der Waals surface area (Å²) in [6.07, 6.45) is 1.66. The zero-order valence-corrected chi connectivity index (χ0v) is 18.5. The van der Waals surface area contributed by atoms with Crippen molar-refractivity contribution in [3.05, 3.63) is 94.1 Å². The maximum atomic E-state index is 12.7. The Bertz CT molecular complexity index is 1480. The number of benzene rings is 3. The number of hydrogen-bond donors (Lipinski definition) is 2. The number of nitro groups is 1. The number of nitrogens with zero attached hydrogens (tertiary/aromatic N) is 2. The standard InChI is InChI=1S/C22H17ClN4O5S/c23-19-6-1-2-7-20(19)25-33(31,32)18-5-3-4-16(13-18)24-22(28)14-26-11-10-15-12-17(27(29)30)8-9-21(15)26/h1-13,25H,14H2,(H,24,28). The molecule has 0 saturated heterocycles. The number of fused-ring (bicyclic) bond motifs is 1. The Morgan fingerprint density at radius 2 is 1.82 bits per heavy atom. The van der Waals surface area contributed by atoms with Crippen LogP contribution in [0.1, 0.15) is 0 Å². The number of halogens is 1. The minimum atomic E-state index is -3.93. The van der Waals surface area contributed by atoms with Gasteiger partial charge in [0.2, 0.25) is 5.91 Å². The zero-order chi connectivity index (χ0) is 23.6. The first kappa shape index (κ1) is 22.3. The second-order valence-corrected chi connectivity index (χ2v) is 9.19. The summed E-state index contributed by atoms with van der Waals surface area (Å²) in [5.74, 6) is -0.389. The molecule has 4 aromatic rings. The first-order valence-electron chi connectivity index (χ1n) is 9.63. The van der Waals surface area contributed by atoms with Gasteiger partial charge in [0.05, 0.1) is 20.5 Å². The van der Waals surface area contributed by atoms with Crippen molar-refractivity contribution in [2.45, 2.75) is 11.4 Å². The average molecular weight is 485 g/mol. The minimum Gasteiger partial charge on any atom is -0.338 e. The molecule has 33 heavy (non-hydrogen) atoms. The number of rotatable bonds is 7. The fourth-order valence-corrected chi connectivity index (χ4v) is 4.65. The van der Waals surface area contributed by atoms with Crippen molar-refractivity contribution in [1.82, 2.24) is 4.57 Å². The van der Waals surface area contributed by atoms with E-state index in [0.29, 0.717) is 16.6 Å². The molecule has 1 amide bonds. The maximum absolute atomic E-state index is 12.7.